The molecule has 0 aromatic carbocycles. The molecular weight excluding hydrogens is 170 g/mol. The molecule has 2 saturated carbocycles. The number of rotatable bonds is 2. The third-order valence-corrected chi connectivity index (χ3v) is 4.28. The Morgan fingerprint density at radius 2 is 1.29 bits per heavy atom. The third-order valence-electron chi connectivity index (χ3n) is 4.28. The van der Waals surface area contributed by atoms with Crippen LogP contribution in [-0.2, 0) is 0 Å². The molecule has 3 N–H and O–H groups in total. The Morgan fingerprint density at radius 3 is 1.86 bits per heavy atom. The molecule has 0 aromatic heterocycles. The van der Waals surface area contributed by atoms with Crippen molar-refractivity contribution in [1.82, 2.24) is 6.15 Å². The van der Waals surface area contributed by atoms with E-state index in [4.69, 9.17) is 0 Å². The summed E-state index contributed by atoms with van der Waals surface area (Å²) in [5.74, 6) is 3.26. The quantitative estimate of drug-likeness (QED) is 0.692. The Hall–Kier alpha value is -0.0400. The molecule has 0 atom stereocenters. The van der Waals surface area contributed by atoms with Crippen LogP contribution in [0.5, 0.6) is 0 Å². The SMILES string of the molecule is CC1CCC(CC2CCCC2)CC1.N. The molecule has 0 bridgehead atoms. The van der Waals surface area contributed by atoms with Gasteiger partial charge < -0.3 is 6.15 Å². The molecule has 0 amide bonds. The summed E-state index contributed by atoms with van der Waals surface area (Å²) in [4.78, 5) is 0. The molecule has 0 aliphatic heterocycles. The van der Waals surface area contributed by atoms with Gasteiger partial charge in [0.2, 0.25) is 0 Å². The Bertz CT molecular complexity index is 141. The molecular formula is C13H27N. The maximum atomic E-state index is 2.42. The van der Waals surface area contributed by atoms with Crippen molar-refractivity contribution >= 4 is 0 Å². The van der Waals surface area contributed by atoms with Gasteiger partial charge in [-0.1, -0.05) is 58.3 Å². The molecule has 0 aromatic rings. The van der Waals surface area contributed by atoms with Crippen molar-refractivity contribution < 1.29 is 0 Å². The zero-order valence-electron chi connectivity index (χ0n) is 9.80. The van der Waals surface area contributed by atoms with E-state index >= 15 is 0 Å². The van der Waals surface area contributed by atoms with Crippen molar-refractivity contribution in [3.8, 4) is 0 Å². The first-order valence-corrected chi connectivity index (χ1v) is 6.34. The van der Waals surface area contributed by atoms with E-state index in [1.807, 2.05) is 0 Å². The van der Waals surface area contributed by atoms with Crippen LogP contribution in [0.1, 0.15) is 64.7 Å². The number of hydrogen-bond acceptors (Lipinski definition) is 1. The summed E-state index contributed by atoms with van der Waals surface area (Å²) >= 11 is 0. The summed E-state index contributed by atoms with van der Waals surface area (Å²) in [5.41, 5.74) is 0. The van der Waals surface area contributed by atoms with Crippen LogP contribution in [0.4, 0.5) is 0 Å². The largest absolute Gasteiger partial charge is 0.344 e. The maximum absolute atomic E-state index is 2.42. The topological polar surface area (TPSA) is 35.0 Å². The van der Waals surface area contributed by atoms with E-state index < -0.39 is 0 Å². The second kappa shape index (κ2) is 5.75. The number of hydrogen-bond donors (Lipinski definition) is 1. The van der Waals surface area contributed by atoms with Crippen molar-refractivity contribution in [3.63, 3.8) is 0 Å². The van der Waals surface area contributed by atoms with E-state index in [-0.39, 0.29) is 6.15 Å². The van der Waals surface area contributed by atoms with E-state index in [1.54, 1.807) is 19.3 Å². The highest BCUT2D eigenvalue weighted by molar-refractivity contribution is 4.75. The molecule has 14 heavy (non-hydrogen) atoms. The Morgan fingerprint density at radius 1 is 0.786 bits per heavy atom. The van der Waals surface area contributed by atoms with Crippen molar-refractivity contribution in [2.24, 2.45) is 17.8 Å². The monoisotopic (exact) mass is 197 g/mol. The lowest BCUT2D eigenvalue weighted by atomic mass is 9.78. The third kappa shape index (κ3) is 3.27. The van der Waals surface area contributed by atoms with Gasteiger partial charge in [0, 0.05) is 0 Å². The predicted molar refractivity (Wildman–Crippen MR) is 62.7 cm³/mol. The highest BCUT2D eigenvalue weighted by Crippen LogP contribution is 2.37. The van der Waals surface area contributed by atoms with Gasteiger partial charge in [-0.2, -0.15) is 0 Å². The van der Waals surface area contributed by atoms with Crippen LogP contribution in [0.2, 0.25) is 0 Å². The van der Waals surface area contributed by atoms with Gasteiger partial charge in [-0.15, -0.1) is 0 Å². The molecule has 2 aliphatic rings. The van der Waals surface area contributed by atoms with Gasteiger partial charge in [-0.05, 0) is 24.2 Å². The maximum Gasteiger partial charge on any atom is -0.0411 e. The van der Waals surface area contributed by atoms with Crippen molar-refractivity contribution in [2.45, 2.75) is 64.7 Å². The standard InChI is InChI=1S/C13H24.H3N/c1-11-6-8-13(9-7-11)10-12-4-2-3-5-12;/h11-13H,2-10H2,1H3;1H3. The van der Waals surface area contributed by atoms with Crippen molar-refractivity contribution in [1.29, 1.82) is 0 Å². The Balaban J connectivity index is 0.000000980. The van der Waals surface area contributed by atoms with Crippen LogP contribution in [0.15, 0.2) is 0 Å². The second-order valence-electron chi connectivity index (χ2n) is 5.51. The van der Waals surface area contributed by atoms with E-state index in [2.05, 4.69) is 6.92 Å². The summed E-state index contributed by atoms with van der Waals surface area (Å²) in [6, 6.07) is 0. The Labute approximate surface area is 89.2 Å². The van der Waals surface area contributed by atoms with E-state index in [9.17, 15) is 0 Å². The summed E-state index contributed by atoms with van der Waals surface area (Å²) in [6.45, 7) is 2.42. The average Bonchev–Trinajstić information content (AvgIpc) is 2.62. The Kier molecular flexibility index (Phi) is 4.94. The minimum absolute atomic E-state index is 0. The van der Waals surface area contributed by atoms with Gasteiger partial charge in [0.25, 0.3) is 0 Å². The van der Waals surface area contributed by atoms with Crippen LogP contribution in [-0.4, -0.2) is 0 Å². The van der Waals surface area contributed by atoms with Gasteiger partial charge in [-0.25, -0.2) is 0 Å². The molecule has 0 saturated heterocycles. The minimum Gasteiger partial charge on any atom is -0.344 e. The molecule has 2 aliphatic carbocycles. The molecule has 0 heterocycles. The van der Waals surface area contributed by atoms with E-state index in [1.165, 1.54) is 38.5 Å². The van der Waals surface area contributed by atoms with Crippen molar-refractivity contribution in [2.75, 3.05) is 0 Å². The fourth-order valence-electron chi connectivity index (χ4n) is 3.28. The zero-order chi connectivity index (χ0) is 9.10. The molecule has 0 radical (unpaired) electrons. The molecule has 1 nitrogen and oxygen atoms in total. The lowest BCUT2D eigenvalue weighted by Crippen LogP contribution is -2.14. The average molecular weight is 197 g/mol. The highest BCUT2D eigenvalue weighted by Gasteiger charge is 2.23. The molecule has 0 unspecified atom stereocenters. The normalized spacial score (nSPS) is 34.1. The van der Waals surface area contributed by atoms with Crippen LogP contribution in [0.3, 0.4) is 0 Å². The summed E-state index contributed by atoms with van der Waals surface area (Å²) in [5, 5.41) is 0. The second-order valence-corrected chi connectivity index (χ2v) is 5.51. The van der Waals surface area contributed by atoms with E-state index in [0.29, 0.717) is 0 Å². The summed E-state index contributed by atoms with van der Waals surface area (Å²) < 4.78 is 0. The van der Waals surface area contributed by atoms with Crippen LogP contribution in [0.25, 0.3) is 0 Å². The summed E-state index contributed by atoms with van der Waals surface area (Å²) in [7, 11) is 0. The first-order valence-electron chi connectivity index (χ1n) is 6.34. The molecule has 0 spiro atoms. The molecule has 2 rings (SSSR count). The molecule has 1 heteroatoms. The lowest BCUT2D eigenvalue weighted by molar-refractivity contribution is 0.246. The highest BCUT2D eigenvalue weighted by atomic mass is 14.3. The molecule has 84 valence electrons. The van der Waals surface area contributed by atoms with Gasteiger partial charge in [-0.3, -0.25) is 0 Å². The fourth-order valence-corrected chi connectivity index (χ4v) is 3.28. The van der Waals surface area contributed by atoms with Crippen LogP contribution >= 0.6 is 0 Å². The van der Waals surface area contributed by atoms with Crippen LogP contribution in [0, 0.1) is 17.8 Å². The molecule has 2 fully saturated rings. The van der Waals surface area contributed by atoms with Gasteiger partial charge >= 0.3 is 0 Å². The van der Waals surface area contributed by atoms with E-state index in [0.717, 1.165) is 17.8 Å². The van der Waals surface area contributed by atoms with Gasteiger partial charge in [0.1, 0.15) is 0 Å². The van der Waals surface area contributed by atoms with Gasteiger partial charge in [0.05, 0.1) is 0 Å². The zero-order valence-corrected chi connectivity index (χ0v) is 9.80. The minimum atomic E-state index is 0. The first-order chi connectivity index (χ1) is 6.34. The predicted octanol–water partition coefficient (Wildman–Crippen LogP) is 4.56. The smallest absolute Gasteiger partial charge is 0.0411 e. The van der Waals surface area contributed by atoms with Crippen LogP contribution < -0.4 is 6.15 Å². The lowest BCUT2D eigenvalue weighted by Gasteiger charge is -2.28. The summed E-state index contributed by atoms with van der Waals surface area (Å²) in [6.07, 6.45) is 13.8. The first kappa shape index (κ1) is 12.0. The van der Waals surface area contributed by atoms with Crippen molar-refractivity contribution in [3.05, 3.63) is 0 Å². The van der Waals surface area contributed by atoms with Gasteiger partial charge in [0.15, 0.2) is 0 Å². The fraction of sp³-hybridized carbons (Fsp3) is 1.00.